The van der Waals surface area contributed by atoms with Gasteiger partial charge < -0.3 is 4.74 Å². The van der Waals surface area contributed by atoms with Crippen LogP contribution in [0.15, 0.2) is 0 Å². The summed E-state index contributed by atoms with van der Waals surface area (Å²) in [4.78, 5) is 0. The number of hydrogen-bond acceptors (Lipinski definition) is 1. The Morgan fingerprint density at radius 3 is 1.39 bits per heavy atom. The van der Waals surface area contributed by atoms with Gasteiger partial charge in [-0.05, 0) is 13.8 Å². The molecular weight excluding hydrogens is 364 g/mol. The maximum Gasteiger partial charge on any atom is 0.384 e. The van der Waals surface area contributed by atoms with Gasteiger partial charge in [-0.3, -0.25) is 0 Å². The normalized spacial score (nSPS) is 15.7. The number of halogens is 12. The van der Waals surface area contributed by atoms with Crippen molar-refractivity contribution in [1.29, 1.82) is 0 Å². The standard InChI is InChI=1S/C10H10F12O/c1-4(2)23-3-6(13,14)8(17,18)10(21,22)9(19,20)7(15,16)5(11)12/h4-5H,3H2,1-2H3. The molecular formula is C10H10F12O. The number of alkyl halides is 12. The first-order chi connectivity index (χ1) is 9.86. The molecule has 0 rings (SSSR count). The van der Waals surface area contributed by atoms with Gasteiger partial charge in [0.05, 0.1) is 6.10 Å². The van der Waals surface area contributed by atoms with Crippen LogP contribution in [0.2, 0.25) is 0 Å². The van der Waals surface area contributed by atoms with Crippen LogP contribution < -0.4 is 0 Å². The van der Waals surface area contributed by atoms with E-state index >= 15 is 0 Å². The molecule has 0 aliphatic carbocycles. The maximum absolute atomic E-state index is 13.1. The molecule has 0 saturated heterocycles. The molecule has 0 aliphatic heterocycles. The quantitative estimate of drug-likeness (QED) is 0.552. The van der Waals surface area contributed by atoms with Crippen LogP contribution in [0.3, 0.4) is 0 Å². The number of hydrogen-bond donors (Lipinski definition) is 0. The van der Waals surface area contributed by atoms with Crippen LogP contribution in [0, 0.1) is 0 Å². The summed E-state index contributed by atoms with van der Waals surface area (Å²) < 4.78 is 156. The van der Waals surface area contributed by atoms with Crippen LogP contribution in [0.25, 0.3) is 0 Å². The fourth-order valence-corrected chi connectivity index (χ4v) is 1.14. The molecule has 0 radical (unpaired) electrons. The van der Waals surface area contributed by atoms with Crippen molar-refractivity contribution in [3.8, 4) is 0 Å². The highest BCUT2D eigenvalue weighted by Crippen LogP contribution is 2.58. The molecule has 0 bridgehead atoms. The highest BCUT2D eigenvalue weighted by Gasteiger charge is 2.87. The van der Waals surface area contributed by atoms with Crippen molar-refractivity contribution in [3.05, 3.63) is 0 Å². The molecule has 0 amide bonds. The summed E-state index contributed by atoms with van der Waals surface area (Å²) in [5.74, 6) is -35.1. The van der Waals surface area contributed by atoms with Crippen LogP contribution in [0.5, 0.6) is 0 Å². The molecule has 0 unspecified atom stereocenters. The van der Waals surface area contributed by atoms with Gasteiger partial charge in [0, 0.05) is 0 Å². The molecule has 0 heterocycles. The van der Waals surface area contributed by atoms with Crippen LogP contribution in [-0.4, -0.2) is 48.7 Å². The molecule has 0 aromatic carbocycles. The van der Waals surface area contributed by atoms with E-state index in [0.29, 0.717) is 0 Å². The van der Waals surface area contributed by atoms with Crippen LogP contribution in [0.1, 0.15) is 13.8 Å². The van der Waals surface area contributed by atoms with Crippen molar-refractivity contribution in [3.63, 3.8) is 0 Å². The molecule has 0 spiro atoms. The molecule has 0 atom stereocenters. The second-order valence-corrected chi connectivity index (χ2v) is 4.71. The molecule has 0 aromatic rings. The summed E-state index contributed by atoms with van der Waals surface area (Å²) in [6.45, 7) is -0.540. The van der Waals surface area contributed by atoms with Crippen molar-refractivity contribution < 1.29 is 57.4 Å². The second kappa shape index (κ2) is 6.20. The van der Waals surface area contributed by atoms with Gasteiger partial charge in [0.25, 0.3) is 0 Å². The van der Waals surface area contributed by atoms with Gasteiger partial charge in [-0.15, -0.1) is 0 Å². The van der Waals surface area contributed by atoms with E-state index in [2.05, 4.69) is 4.74 Å². The van der Waals surface area contributed by atoms with Crippen molar-refractivity contribution >= 4 is 0 Å². The van der Waals surface area contributed by atoms with E-state index in [1.54, 1.807) is 0 Å². The van der Waals surface area contributed by atoms with Crippen LogP contribution >= 0.6 is 0 Å². The summed E-state index contributed by atoms with van der Waals surface area (Å²) in [6.07, 6.45) is -6.73. The minimum Gasteiger partial charge on any atom is -0.372 e. The first kappa shape index (κ1) is 22.1. The Morgan fingerprint density at radius 1 is 0.696 bits per heavy atom. The molecule has 23 heavy (non-hydrogen) atoms. The molecule has 1 nitrogen and oxygen atoms in total. The van der Waals surface area contributed by atoms with E-state index in [-0.39, 0.29) is 0 Å². The van der Waals surface area contributed by atoms with Gasteiger partial charge in [0.2, 0.25) is 0 Å². The monoisotopic (exact) mass is 374 g/mol. The van der Waals surface area contributed by atoms with Crippen molar-refractivity contribution in [2.75, 3.05) is 6.61 Å². The van der Waals surface area contributed by atoms with Gasteiger partial charge >= 0.3 is 36.0 Å². The second-order valence-electron chi connectivity index (χ2n) is 4.71. The molecule has 140 valence electrons. The highest BCUT2D eigenvalue weighted by atomic mass is 19.4. The van der Waals surface area contributed by atoms with Crippen molar-refractivity contribution in [2.45, 2.75) is 56.0 Å². The minimum absolute atomic E-state index is 0.992. The van der Waals surface area contributed by atoms with Crippen molar-refractivity contribution in [2.24, 2.45) is 0 Å². The zero-order valence-electron chi connectivity index (χ0n) is 11.3. The third kappa shape index (κ3) is 3.48. The van der Waals surface area contributed by atoms with E-state index in [1.165, 1.54) is 0 Å². The number of rotatable bonds is 8. The van der Waals surface area contributed by atoms with E-state index in [0.717, 1.165) is 13.8 Å². The molecule has 13 heteroatoms. The summed E-state index contributed by atoms with van der Waals surface area (Å²) >= 11 is 0. The van der Waals surface area contributed by atoms with Gasteiger partial charge in [0.15, 0.2) is 0 Å². The van der Waals surface area contributed by atoms with E-state index < -0.39 is 48.7 Å². The van der Waals surface area contributed by atoms with E-state index in [1.807, 2.05) is 0 Å². The fraction of sp³-hybridized carbons (Fsp3) is 1.00. The minimum atomic E-state index is -7.50. The van der Waals surface area contributed by atoms with E-state index in [9.17, 15) is 52.7 Å². The largest absolute Gasteiger partial charge is 0.384 e. The lowest BCUT2D eigenvalue weighted by atomic mass is 9.94. The summed E-state index contributed by atoms with van der Waals surface area (Å²) in [7, 11) is 0. The Balaban J connectivity index is 5.86. The zero-order valence-corrected chi connectivity index (χ0v) is 11.3. The Bertz CT molecular complexity index is 403. The SMILES string of the molecule is CC(C)OCC(F)(F)C(F)(F)C(F)(F)C(F)(F)C(F)(F)C(F)F. The topological polar surface area (TPSA) is 9.23 Å². The Kier molecular flexibility index (Phi) is 5.97. The van der Waals surface area contributed by atoms with Crippen LogP contribution in [-0.2, 0) is 4.74 Å². The molecule has 0 fully saturated rings. The smallest absolute Gasteiger partial charge is 0.372 e. The zero-order chi connectivity index (χ0) is 19.1. The Labute approximate surface area is 121 Å². The lowest BCUT2D eigenvalue weighted by molar-refractivity contribution is -0.415. The first-order valence-corrected chi connectivity index (χ1v) is 5.65. The maximum atomic E-state index is 13.1. The third-order valence-corrected chi connectivity index (χ3v) is 2.54. The molecule has 0 saturated carbocycles. The summed E-state index contributed by atoms with van der Waals surface area (Å²) in [6, 6.07) is 0. The molecule has 0 aliphatic rings. The number of ether oxygens (including phenoxy) is 1. The van der Waals surface area contributed by atoms with Gasteiger partial charge in [-0.25, -0.2) is 8.78 Å². The average Bonchev–Trinajstić information content (AvgIpc) is 2.35. The van der Waals surface area contributed by atoms with Gasteiger partial charge in [-0.1, -0.05) is 0 Å². The summed E-state index contributed by atoms with van der Waals surface area (Å²) in [5.41, 5.74) is 0. The lowest BCUT2D eigenvalue weighted by Gasteiger charge is -2.39. The van der Waals surface area contributed by atoms with Crippen molar-refractivity contribution in [1.82, 2.24) is 0 Å². The average molecular weight is 374 g/mol. The van der Waals surface area contributed by atoms with Gasteiger partial charge in [-0.2, -0.15) is 43.9 Å². The predicted molar refractivity (Wildman–Crippen MR) is 51.8 cm³/mol. The predicted octanol–water partition coefficient (Wildman–Crippen LogP) is 4.85. The molecule has 0 aromatic heterocycles. The van der Waals surface area contributed by atoms with Crippen LogP contribution in [0.4, 0.5) is 52.7 Å². The summed E-state index contributed by atoms with van der Waals surface area (Å²) in [5, 5.41) is 0. The molecule has 0 N–H and O–H groups in total. The highest BCUT2D eigenvalue weighted by molar-refractivity contribution is 5.09. The first-order valence-electron chi connectivity index (χ1n) is 5.65. The van der Waals surface area contributed by atoms with E-state index in [4.69, 9.17) is 0 Å². The lowest BCUT2D eigenvalue weighted by Crippen LogP contribution is -2.69. The Hall–Kier alpha value is -0.880. The third-order valence-electron chi connectivity index (χ3n) is 2.54. The van der Waals surface area contributed by atoms with Gasteiger partial charge in [0.1, 0.15) is 6.61 Å². The Morgan fingerprint density at radius 2 is 1.09 bits per heavy atom. The fourth-order valence-electron chi connectivity index (χ4n) is 1.14.